The smallest absolute Gasteiger partial charge is 0.227 e. The van der Waals surface area contributed by atoms with Crippen molar-refractivity contribution in [3.05, 3.63) is 29.8 Å². The summed E-state index contributed by atoms with van der Waals surface area (Å²) in [7, 11) is 0. The number of rotatable bonds is 6. The summed E-state index contributed by atoms with van der Waals surface area (Å²) >= 11 is 1.89. The number of nitrogens with two attached hydrogens (primary N) is 1. The Morgan fingerprint density at radius 3 is 2.52 bits per heavy atom. The van der Waals surface area contributed by atoms with Crippen molar-refractivity contribution in [2.24, 2.45) is 5.73 Å². The molecule has 0 spiro atoms. The second-order valence-corrected chi connectivity index (χ2v) is 7.16. The van der Waals surface area contributed by atoms with Gasteiger partial charge in [0, 0.05) is 42.7 Å². The fourth-order valence-corrected chi connectivity index (χ4v) is 3.29. The first-order chi connectivity index (χ1) is 11.0. The van der Waals surface area contributed by atoms with Crippen LogP contribution < -0.4 is 11.1 Å². The molecule has 1 aromatic carbocycles. The van der Waals surface area contributed by atoms with Crippen LogP contribution in [0, 0.1) is 0 Å². The van der Waals surface area contributed by atoms with E-state index in [-0.39, 0.29) is 17.9 Å². The number of hydrogen-bond acceptors (Lipinski definition) is 4. The van der Waals surface area contributed by atoms with Gasteiger partial charge in [0.25, 0.3) is 0 Å². The molecule has 1 aromatic rings. The molecule has 1 aliphatic rings. The standard InChI is InChI=1S/C17H25N3O2S/c1-13(18)2-7-16(21)19-15-5-3-14(4-6-15)12-17(22)20-8-10-23-11-9-20/h3-6,13H,2,7-12,18H2,1H3,(H,19,21). The van der Waals surface area contributed by atoms with E-state index in [2.05, 4.69) is 5.32 Å². The number of amides is 2. The van der Waals surface area contributed by atoms with Gasteiger partial charge in [-0.15, -0.1) is 0 Å². The Balaban J connectivity index is 1.81. The maximum atomic E-state index is 12.2. The summed E-state index contributed by atoms with van der Waals surface area (Å²) in [4.78, 5) is 25.9. The number of benzene rings is 1. The van der Waals surface area contributed by atoms with Crippen molar-refractivity contribution in [2.75, 3.05) is 29.9 Å². The number of hydrogen-bond donors (Lipinski definition) is 2. The van der Waals surface area contributed by atoms with Crippen LogP contribution >= 0.6 is 11.8 Å². The lowest BCUT2D eigenvalue weighted by Gasteiger charge is -2.26. The normalized spacial score (nSPS) is 16.0. The molecule has 126 valence electrons. The highest BCUT2D eigenvalue weighted by Gasteiger charge is 2.16. The van der Waals surface area contributed by atoms with Gasteiger partial charge in [-0.3, -0.25) is 9.59 Å². The van der Waals surface area contributed by atoms with Gasteiger partial charge in [-0.25, -0.2) is 0 Å². The molecule has 0 radical (unpaired) electrons. The van der Waals surface area contributed by atoms with Gasteiger partial charge < -0.3 is 16.0 Å². The molecule has 6 heteroatoms. The van der Waals surface area contributed by atoms with Crippen LogP contribution in [0.1, 0.15) is 25.3 Å². The first-order valence-electron chi connectivity index (χ1n) is 8.04. The molecule has 2 rings (SSSR count). The zero-order valence-electron chi connectivity index (χ0n) is 13.6. The van der Waals surface area contributed by atoms with E-state index in [1.807, 2.05) is 47.9 Å². The lowest BCUT2D eigenvalue weighted by atomic mass is 10.1. The quantitative estimate of drug-likeness (QED) is 0.832. The number of nitrogens with one attached hydrogen (secondary N) is 1. The zero-order valence-corrected chi connectivity index (χ0v) is 14.4. The Labute approximate surface area is 142 Å². The Hall–Kier alpha value is -1.53. The third-order valence-electron chi connectivity index (χ3n) is 3.78. The molecule has 1 aliphatic heterocycles. The predicted molar refractivity (Wildman–Crippen MR) is 95.6 cm³/mol. The minimum Gasteiger partial charge on any atom is -0.341 e. The van der Waals surface area contributed by atoms with Gasteiger partial charge in [0.05, 0.1) is 6.42 Å². The van der Waals surface area contributed by atoms with Crippen LogP contribution in [-0.4, -0.2) is 47.4 Å². The van der Waals surface area contributed by atoms with Crippen LogP contribution in [0.5, 0.6) is 0 Å². The average Bonchev–Trinajstić information content (AvgIpc) is 2.55. The Morgan fingerprint density at radius 1 is 1.26 bits per heavy atom. The minimum absolute atomic E-state index is 0.0299. The van der Waals surface area contributed by atoms with E-state index in [1.165, 1.54) is 0 Å². The lowest BCUT2D eigenvalue weighted by molar-refractivity contribution is -0.130. The van der Waals surface area contributed by atoms with E-state index in [0.717, 1.165) is 35.8 Å². The lowest BCUT2D eigenvalue weighted by Crippen LogP contribution is -2.38. The Bertz CT molecular complexity index is 525. The molecular formula is C17H25N3O2S. The molecule has 0 bridgehead atoms. The minimum atomic E-state index is -0.0306. The van der Waals surface area contributed by atoms with Gasteiger partial charge in [0.2, 0.25) is 11.8 Å². The SMILES string of the molecule is CC(N)CCC(=O)Nc1ccc(CC(=O)N2CCSCC2)cc1. The molecule has 2 amide bonds. The summed E-state index contributed by atoms with van der Waals surface area (Å²) in [5.74, 6) is 2.20. The van der Waals surface area contributed by atoms with Gasteiger partial charge in [0.1, 0.15) is 0 Å². The Kier molecular flexibility index (Phi) is 6.92. The van der Waals surface area contributed by atoms with Crippen molar-refractivity contribution in [1.82, 2.24) is 4.90 Å². The molecule has 23 heavy (non-hydrogen) atoms. The fraction of sp³-hybridized carbons (Fsp3) is 0.529. The first kappa shape index (κ1) is 17.8. The van der Waals surface area contributed by atoms with Gasteiger partial charge >= 0.3 is 0 Å². The monoisotopic (exact) mass is 335 g/mol. The van der Waals surface area contributed by atoms with Gasteiger partial charge in [-0.05, 0) is 31.0 Å². The Morgan fingerprint density at radius 2 is 1.91 bits per heavy atom. The van der Waals surface area contributed by atoms with Crippen LogP contribution in [0.3, 0.4) is 0 Å². The number of carbonyl (C=O) groups excluding carboxylic acids is 2. The van der Waals surface area contributed by atoms with E-state index in [9.17, 15) is 9.59 Å². The largest absolute Gasteiger partial charge is 0.341 e. The van der Waals surface area contributed by atoms with Crippen molar-refractivity contribution >= 4 is 29.3 Å². The molecule has 1 saturated heterocycles. The number of anilines is 1. The zero-order chi connectivity index (χ0) is 16.7. The fourth-order valence-electron chi connectivity index (χ4n) is 2.39. The van der Waals surface area contributed by atoms with Crippen molar-refractivity contribution < 1.29 is 9.59 Å². The van der Waals surface area contributed by atoms with Gasteiger partial charge in [0.15, 0.2) is 0 Å². The van der Waals surface area contributed by atoms with E-state index in [0.29, 0.717) is 19.3 Å². The van der Waals surface area contributed by atoms with E-state index in [1.54, 1.807) is 0 Å². The highest BCUT2D eigenvalue weighted by molar-refractivity contribution is 7.99. The second kappa shape index (κ2) is 8.93. The van der Waals surface area contributed by atoms with Crippen molar-refractivity contribution in [2.45, 2.75) is 32.2 Å². The molecule has 3 N–H and O–H groups in total. The average molecular weight is 335 g/mol. The third kappa shape index (κ3) is 6.23. The summed E-state index contributed by atoms with van der Waals surface area (Å²) in [5, 5.41) is 2.85. The molecule has 5 nitrogen and oxygen atoms in total. The summed E-state index contributed by atoms with van der Waals surface area (Å²) in [5.41, 5.74) is 7.37. The highest BCUT2D eigenvalue weighted by atomic mass is 32.2. The van der Waals surface area contributed by atoms with Crippen molar-refractivity contribution in [3.63, 3.8) is 0 Å². The molecule has 0 saturated carbocycles. The number of thioether (sulfide) groups is 1. The molecule has 0 aliphatic carbocycles. The highest BCUT2D eigenvalue weighted by Crippen LogP contribution is 2.14. The van der Waals surface area contributed by atoms with E-state index >= 15 is 0 Å². The molecule has 1 heterocycles. The number of nitrogens with zero attached hydrogens (tertiary/aromatic N) is 1. The predicted octanol–water partition coefficient (Wildman–Crippen LogP) is 1.87. The van der Waals surface area contributed by atoms with Crippen LogP contribution in [0.4, 0.5) is 5.69 Å². The molecule has 1 unspecified atom stereocenters. The van der Waals surface area contributed by atoms with E-state index < -0.39 is 0 Å². The maximum absolute atomic E-state index is 12.2. The number of carbonyl (C=O) groups is 2. The van der Waals surface area contributed by atoms with Crippen molar-refractivity contribution in [1.29, 1.82) is 0 Å². The van der Waals surface area contributed by atoms with E-state index in [4.69, 9.17) is 5.73 Å². The van der Waals surface area contributed by atoms with Gasteiger partial charge in [-0.1, -0.05) is 12.1 Å². The van der Waals surface area contributed by atoms with Crippen LogP contribution in [0.15, 0.2) is 24.3 Å². The maximum Gasteiger partial charge on any atom is 0.227 e. The topological polar surface area (TPSA) is 75.4 Å². The molecule has 0 aromatic heterocycles. The van der Waals surface area contributed by atoms with Gasteiger partial charge in [-0.2, -0.15) is 11.8 Å². The van der Waals surface area contributed by atoms with Crippen LogP contribution in [0.2, 0.25) is 0 Å². The van der Waals surface area contributed by atoms with Crippen LogP contribution in [0.25, 0.3) is 0 Å². The summed E-state index contributed by atoms with van der Waals surface area (Å²) in [6.45, 7) is 3.58. The van der Waals surface area contributed by atoms with Crippen LogP contribution in [-0.2, 0) is 16.0 Å². The third-order valence-corrected chi connectivity index (χ3v) is 4.73. The molecule has 1 fully saturated rings. The summed E-state index contributed by atoms with van der Waals surface area (Å²) in [6, 6.07) is 7.52. The summed E-state index contributed by atoms with van der Waals surface area (Å²) in [6.07, 6.45) is 1.51. The molecule has 1 atom stereocenters. The second-order valence-electron chi connectivity index (χ2n) is 5.93. The molecular weight excluding hydrogens is 310 g/mol. The van der Waals surface area contributed by atoms with Crippen molar-refractivity contribution in [3.8, 4) is 0 Å². The first-order valence-corrected chi connectivity index (χ1v) is 9.20. The summed E-state index contributed by atoms with van der Waals surface area (Å²) < 4.78 is 0.